The molecule has 0 spiro atoms. The van der Waals surface area contributed by atoms with E-state index in [0.29, 0.717) is 16.7 Å². The van der Waals surface area contributed by atoms with Crippen LogP contribution >= 0.6 is 0 Å². The molecule has 0 saturated carbocycles. The van der Waals surface area contributed by atoms with E-state index in [1.165, 1.54) is 25.0 Å². The minimum atomic E-state index is -0.310. The Balaban J connectivity index is 1.99. The highest BCUT2D eigenvalue weighted by atomic mass is 19.1. The van der Waals surface area contributed by atoms with Crippen molar-refractivity contribution < 1.29 is 13.6 Å². The van der Waals surface area contributed by atoms with Crippen molar-refractivity contribution in [2.75, 3.05) is 0 Å². The van der Waals surface area contributed by atoms with Crippen molar-refractivity contribution in [1.29, 1.82) is 0 Å². The van der Waals surface area contributed by atoms with Gasteiger partial charge >= 0.3 is 0 Å². The quantitative estimate of drug-likeness (QED) is 0.697. The van der Waals surface area contributed by atoms with Crippen LogP contribution in [0.4, 0.5) is 4.39 Å². The van der Waals surface area contributed by atoms with Gasteiger partial charge in [0.1, 0.15) is 11.4 Å². The Bertz CT molecular complexity index is 709. The maximum absolute atomic E-state index is 13.3. The summed E-state index contributed by atoms with van der Waals surface area (Å²) in [5.74, 6) is 0.0176. The SMILES string of the molecule is Cc1c(C(=O)/C2=C/CCCCCC2)oc2ccc(F)cc12. The Morgan fingerprint density at radius 2 is 2.00 bits per heavy atom. The molecular formula is C18H19FO2. The summed E-state index contributed by atoms with van der Waals surface area (Å²) in [5, 5.41) is 0.685. The smallest absolute Gasteiger partial charge is 0.224 e. The van der Waals surface area contributed by atoms with E-state index in [1.54, 1.807) is 6.07 Å². The Hall–Kier alpha value is -1.90. The number of carbonyl (C=O) groups excluding carboxylic acids is 1. The minimum Gasteiger partial charge on any atom is -0.452 e. The summed E-state index contributed by atoms with van der Waals surface area (Å²) in [6.45, 7) is 1.82. The number of rotatable bonds is 2. The molecule has 0 atom stereocenters. The predicted octanol–water partition coefficient (Wildman–Crippen LogP) is 5.34. The molecule has 1 aliphatic carbocycles. The van der Waals surface area contributed by atoms with E-state index < -0.39 is 0 Å². The van der Waals surface area contributed by atoms with E-state index in [0.717, 1.165) is 36.8 Å². The van der Waals surface area contributed by atoms with Crippen LogP contribution < -0.4 is 0 Å². The topological polar surface area (TPSA) is 30.2 Å². The first-order chi connectivity index (χ1) is 10.2. The second-order valence-corrected chi connectivity index (χ2v) is 5.71. The zero-order chi connectivity index (χ0) is 14.8. The van der Waals surface area contributed by atoms with E-state index in [-0.39, 0.29) is 11.6 Å². The van der Waals surface area contributed by atoms with Crippen molar-refractivity contribution in [3.63, 3.8) is 0 Å². The highest BCUT2D eigenvalue weighted by Gasteiger charge is 2.21. The molecule has 21 heavy (non-hydrogen) atoms. The van der Waals surface area contributed by atoms with E-state index in [2.05, 4.69) is 6.08 Å². The lowest BCUT2D eigenvalue weighted by molar-refractivity contribution is 0.100. The van der Waals surface area contributed by atoms with E-state index >= 15 is 0 Å². The number of Topliss-reactive ketones (excluding diaryl/α,β-unsaturated/α-hetero) is 1. The first-order valence-electron chi connectivity index (χ1n) is 7.59. The van der Waals surface area contributed by atoms with Crippen LogP contribution in [0, 0.1) is 12.7 Å². The van der Waals surface area contributed by atoms with Gasteiger partial charge in [-0.05, 0) is 56.4 Å². The number of furan rings is 1. The summed E-state index contributed by atoms with van der Waals surface area (Å²) in [6.07, 6.45) is 8.41. The van der Waals surface area contributed by atoms with Crippen molar-refractivity contribution in [3.8, 4) is 0 Å². The monoisotopic (exact) mass is 286 g/mol. The van der Waals surface area contributed by atoms with Crippen molar-refractivity contribution in [2.45, 2.75) is 45.4 Å². The van der Waals surface area contributed by atoms with Gasteiger partial charge in [-0.2, -0.15) is 0 Å². The first-order valence-corrected chi connectivity index (χ1v) is 7.59. The lowest BCUT2D eigenvalue weighted by Crippen LogP contribution is -2.05. The minimum absolute atomic E-state index is 0.0361. The molecule has 0 unspecified atom stereocenters. The third kappa shape index (κ3) is 2.78. The molecule has 0 N–H and O–H groups in total. The van der Waals surface area contributed by atoms with Gasteiger partial charge in [0, 0.05) is 10.9 Å². The first kappa shape index (κ1) is 14.1. The molecule has 1 aromatic carbocycles. The largest absolute Gasteiger partial charge is 0.452 e. The number of ketones is 1. The summed E-state index contributed by atoms with van der Waals surface area (Å²) in [4.78, 5) is 12.7. The van der Waals surface area contributed by atoms with Crippen molar-refractivity contribution >= 4 is 16.8 Å². The zero-order valence-electron chi connectivity index (χ0n) is 12.2. The van der Waals surface area contributed by atoms with Gasteiger partial charge in [0.05, 0.1) is 0 Å². The number of hydrogen-bond acceptors (Lipinski definition) is 2. The van der Waals surface area contributed by atoms with Crippen LogP contribution in [-0.4, -0.2) is 5.78 Å². The normalized spacial score (nSPS) is 18.9. The molecule has 2 aromatic rings. The molecule has 3 heteroatoms. The lowest BCUT2D eigenvalue weighted by Gasteiger charge is -2.09. The summed E-state index contributed by atoms with van der Waals surface area (Å²) in [7, 11) is 0. The second kappa shape index (κ2) is 5.84. The number of carbonyl (C=O) groups is 1. The highest BCUT2D eigenvalue weighted by Crippen LogP contribution is 2.29. The Morgan fingerprint density at radius 1 is 1.19 bits per heavy atom. The maximum Gasteiger partial charge on any atom is 0.224 e. The predicted molar refractivity (Wildman–Crippen MR) is 81.0 cm³/mol. The fraction of sp³-hybridized carbons (Fsp3) is 0.389. The molecule has 110 valence electrons. The number of allylic oxidation sites excluding steroid dienone is 2. The van der Waals surface area contributed by atoms with E-state index in [1.807, 2.05) is 6.92 Å². The van der Waals surface area contributed by atoms with Crippen LogP contribution in [0.5, 0.6) is 0 Å². The number of benzene rings is 1. The molecule has 0 aliphatic heterocycles. The molecular weight excluding hydrogens is 267 g/mol. The molecule has 0 amide bonds. The van der Waals surface area contributed by atoms with Crippen LogP contribution in [0.3, 0.4) is 0 Å². The molecule has 1 heterocycles. The molecule has 0 radical (unpaired) electrons. The summed E-state index contributed by atoms with van der Waals surface area (Å²) in [6, 6.07) is 4.37. The molecule has 2 nitrogen and oxygen atoms in total. The highest BCUT2D eigenvalue weighted by molar-refractivity contribution is 6.10. The van der Waals surface area contributed by atoms with Crippen LogP contribution in [0.2, 0.25) is 0 Å². The molecule has 1 aliphatic rings. The van der Waals surface area contributed by atoms with Gasteiger partial charge in [-0.3, -0.25) is 4.79 Å². The van der Waals surface area contributed by atoms with Crippen molar-refractivity contribution in [1.82, 2.24) is 0 Å². The summed E-state index contributed by atoms with van der Waals surface area (Å²) in [5.41, 5.74) is 2.15. The number of halogens is 1. The van der Waals surface area contributed by atoms with Crippen LogP contribution in [0.15, 0.2) is 34.3 Å². The molecule has 0 fully saturated rings. The zero-order valence-corrected chi connectivity index (χ0v) is 12.2. The van der Waals surface area contributed by atoms with Crippen molar-refractivity contribution in [2.24, 2.45) is 0 Å². The molecule has 0 bridgehead atoms. The van der Waals surface area contributed by atoms with Crippen LogP contribution in [0.1, 0.15) is 54.6 Å². The fourth-order valence-corrected chi connectivity index (χ4v) is 2.95. The van der Waals surface area contributed by atoms with Crippen LogP contribution in [0.25, 0.3) is 11.0 Å². The van der Waals surface area contributed by atoms with E-state index in [4.69, 9.17) is 4.42 Å². The standard InChI is InChI=1S/C18H19FO2/c1-12-15-11-14(19)9-10-16(15)21-18(12)17(20)13-7-5-3-2-4-6-8-13/h7,9-11H,2-6,8H2,1H3/b13-7+. The molecule has 1 aromatic heterocycles. The Kier molecular flexibility index (Phi) is 3.91. The van der Waals surface area contributed by atoms with Gasteiger partial charge in [0.15, 0.2) is 5.76 Å². The van der Waals surface area contributed by atoms with Gasteiger partial charge in [0.25, 0.3) is 0 Å². The third-order valence-electron chi connectivity index (χ3n) is 4.19. The van der Waals surface area contributed by atoms with Crippen molar-refractivity contribution in [3.05, 3.63) is 47.0 Å². The third-order valence-corrected chi connectivity index (χ3v) is 4.19. The number of hydrogen-bond donors (Lipinski definition) is 0. The maximum atomic E-state index is 13.3. The molecule has 3 rings (SSSR count). The average molecular weight is 286 g/mol. The summed E-state index contributed by atoms with van der Waals surface area (Å²) >= 11 is 0. The average Bonchev–Trinajstić information content (AvgIpc) is 2.75. The van der Waals surface area contributed by atoms with Gasteiger partial charge in [-0.25, -0.2) is 4.39 Å². The summed E-state index contributed by atoms with van der Waals surface area (Å²) < 4.78 is 19.0. The Morgan fingerprint density at radius 3 is 2.86 bits per heavy atom. The fourth-order valence-electron chi connectivity index (χ4n) is 2.95. The number of aryl methyl sites for hydroxylation is 1. The van der Waals surface area contributed by atoms with Gasteiger partial charge in [-0.15, -0.1) is 0 Å². The number of fused-ring (bicyclic) bond motifs is 1. The Labute approximate surface area is 123 Å². The lowest BCUT2D eigenvalue weighted by atomic mass is 9.95. The van der Waals surface area contributed by atoms with Crippen LogP contribution in [-0.2, 0) is 0 Å². The molecule has 0 saturated heterocycles. The van der Waals surface area contributed by atoms with Gasteiger partial charge in [0.2, 0.25) is 5.78 Å². The van der Waals surface area contributed by atoms with Gasteiger partial charge in [-0.1, -0.05) is 18.9 Å². The van der Waals surface area contributed by atoms with E-state index in [9.17, 15) is 9.18 Å². The second-order valence-electron chi connectivity index (χ2n) is 5.71. The van der Waals surface area contributed by atoms with Gasteiger partial charge < -0.3 is 4.42 Å².